The molecule has 0 unspecified atom stereocenters. The Bertz CT molecular complexity index is 1450. The fraction of sp³-hybridized carbons (Fsp3) is 0.241. The molecule has 1 atom stereocenters. The number of aliphatic carboxylic acids is 1. The Morgan fingerprint density at radius 2 is 1.80 bits per heavy atom. The van der Waals surface area contributed by atoms with E-state index in [1.54, 1.807) is 36.9 Å². The largest absolute Gasteiger partial charge is 0.481 e. The van der Waals surface area contributed by atoms with Crippen LogP contribution in [0.3, 0.4) is 0 Å². The average molecular weight is 539 g/mol. The SMILES string of the molecule is O=C(O)C[C@@H](Cc1ccccc1)C(=O)Nc1cc(Nc2cnccn2)nc(-c2ccnc(N3CCNCC3)c2)c1. The summed E-state index contributed by atoms with van der Waals surface area (Å²) < 4.78 is 0. The van der Waals surface area contributed by atoms with Crippen LogP contribution in [-0.4, -0.2) is 63.1 Å². The van der Waals surface area contributed by atoms with Crippen LogP contribution in [0.2, 0.25) is 0 Å². The molecule has 3 aromatic heterocycles. The topological polar surface area (TPSA) is 145 Å². The van der Waals surface area contributed by atoms with Crippen molar-refractivity contribution in [2.24, 2.45) is 5.92 Å². The molecule has 0 radical (unpaired) electrons. The zero-order chi connectivity index (χ0) is 27.7. The number of carbonyl (C=O) groups is 2. The Labute approximate surface area is 231 Å². The predicted molar refractivity (Wildman–Crippen MR) is 152 cm³/mol. The molecule has 11 nitrogen and oxygen atoms in total. The van der Waals surface area contributed by atoms with Crippen LogP contribution in [0.25, 0.3) is 11.3 Å². The second-order valence-electron chi connectivity index (χ2n) is 9.46. The first-order chi connectivity index (χ1) is 19.5. The molecular weight excluding hydrogens is 508 g/mol. The average Bonchev–Trinajstić information content (AvgIpc) is 2.98. The number of amides is 1. The lowest BCUT2D eigenvalue weighted by molar-refractivity contribution is -0.140. The molecule has 4 heterocycles. The van der Waals surface area contributed by atoms with Crippen LogP contribution in [0.5, 0.6) is 0 Å². The van der Waals surface area contributed by atoms with E-state index in [2.05, 4.69) is 35.8 Å². The van der Waals surface area contributed by atoms with Crippen molar-refractivity contribution in [3.05, 3.63) is 84.9 Å². The number of carboxylic acids is 1. The molecule has 1 amide bonds. The third kappa shape index (κ3) is 7.14. The molecule has 0 saturated carbocycles. The maximum atomic E-state index is 13.4. The van der Waals surface area contributed by atoms with E-state index in [-0.39, 0.29) is 12.3 Å². The molecule has 4 N–H and O–H groups in total. The van der Waals surface area contributed by atoms with Crippen LogP contribution in [-0.2, 0) is 16.0 Å². The molecule has 1 aliphatic heterocycles. The van der Waals surface area contributed by atoms with Gasteiger partial charge in [-0.05, 0) is 30.2 Å². The minimum absolute atomic E-state index is 0.290. The second-order valence-corrected chi connectivity index (χ2v) is 9.46. The number of carbonyl (C=O) groups excluding carboxylic acids is 1. The molecule has 1 aromatic carbocycles. The van der Waals surface area contributed by atoms with Crippen molar-refractivity contribution in [3.8, 4) is 11.3 Å². The molecule has 204 valence electrons. The number of pyridine rings is 2. The van der Waals surface area contributed by atoms with Gasteiger partial charge in [0, 0.05) is 62.1 Å². The van der Waals surface area contributed by atoms with Gasteiger partial charge in [-0.25, -0.2) is 15.0 Å². The first-order valence-electron chi connectivity index (χ1n) is 13.1. The molecule has 0 bridgehead atoms. The highest BCUT2D eigenvalue weighted by Gasteiger charge is 2.23. The number of anilines is 4. The summed E-state index contributed by atoms with van der Waals surface area (Å²) >= 11 is 0. The van der Waals surface area contributed by atoms with Crippen molar-refractivity contribution in [2.75, 3.05) is 41.7 Å². The van der Waals surface area contributed by atoms with Gasteiger partial charge in [0.1, 0.15) is 17.5 Å². The molecule has 0 aliphatic carbocycles. The normalized spacial score (nSPS) is 13.8. The lowest BCUT2D eigenvalue weighted by Gasteiger charge is -2.28. The van der Waals surface area contributed by atoms with Gasteiger partial charge in [0.15, 0.2) is 0 Å². The summed E-state index contributed by atoms with van der Waals surface area (Å²) in [6.45, 7) is 3.48. The zero-order valence-electron chi connectivity index (χ0n) is 21.8. The van der Waals surface area contributed by atoms with Crippen LogP contribution in [0.1, 0.15) is 12.0 Å². The minimum atomic E-state index is -1.03. The van der Waals surface area contributed by atoms with Gasteiger partial charge in [0.25, 0.3) is 0 Å². The summed E-state index contributed by atoms with van der Waals surface area (Å²) in [5.41, 5.74) is 2.81. The second kappa shape index (κ2) is 12.8. The van der Waals surface area contributed by atoms with Crippen LogP contribution >= 0.6 is 0 Å². The fourth-order valence-electron chi connectivity index (χ4n) is 4.57. The van der Waals surface area contributed by atoms with E-state index in [4.69, 9.17) is 4.98 Å². The van der Waals surface area contributed by atoms with E-state index in [0.29, 0.717) is 29.4 Å². The summed E-state index contributed by atoms with van der Waals surface area (Å²) in [6, 6.07) is 16.7. The number of piperazine rings is 1. The van der Waals surface area contributed by atoms with E-state index in [1.807, 2.05) is 42.5 Å². The number of aromatic nitrogens is 4. The van der Waals surface area contributed by atoms with Crippen molar-refractivity contribution in [1.82, 2.24) is 25.3 Å². The van der Waals surface area contributed by atoms with Crippen molar-refractivity contribution < 1.29 is 14.7 Å². The van der Waals surface area contributed by atoms with Gasteiger partial charge in [-0.2, -0.15) is 0 Å². The molecule has 5 rings (SSSR count). The van der Waals surface area contributed by atoms with Crippen molar-refractivity contribution in [3.63, 3.8) is 0 Å². The number of hydrogen-bond acceptors (Lipinski definition) is 9. The Balaban J connectivity index is 1.45. The molecular formula is C29H30N8O3. The summed E-state index contributed by atoms with van der Waals surface area (Å²) in [6.07, 6.45) is 6.48. The molecule has 1 fully saturated rings. The van der Waals surface area contributed by atoms with Gasteiger partial charge in [0.05, 0.1) is 24.2 Å². The number of benzene rings is 1. The molecule has 1 saturated heterocycles. The first kappa shape index (κ1) is 26.7. The zero-order valence-corrected chi connectivity index (χ0v) is 21.8. The summed E-state index contributed by atoms with van der Waals surface area (Å²) in [5.74, 6) is -0.379. The Kier molecular flexibility index (Phi) is 8.52. The van der Waals surface area contributed by atoms with Gasteiger partial charge < -0.3 is 26.0 Å². The number of nitrogens with one attached hydrogen (secondary N) is 3. The third-order valence-corrected chi connectivity index (χ3v) is 6.51. The Morgan fingerprint density at radius 1 is 0.975 bits per heavy atom. The number of hydrogen-bond donors (Lipinski definition) is 4. The highest BCUT2D eigenvalue weighted by molar-refractivity contribution is 5.95. The highest BCUT2D eigenvalue weighted by Crippen LogP contribution is 2.28. The van der Waals surface area contributed by atoms with Gasteiger partial charge in [-0.15, -0.1) is 0 Å². The van der Waals surface area contributed by atoms with Gasteiger partial charge in [-0.3, -0.25) is 14.6 Å². The quantitative estimate of drug-likeness (QED) is 0.237. The number of carboxylic acid groups (broad SMARTS) is 1. The molecule has 40 heavy (non-hydrogen) atoms. The van der Waals surface area contributed by atoms with E-state index in [0.717, 1.165) is 43.1 Å². The minimum Gasteiger partial charge on any atom is -0.481 e. The van der Waals surface area contributed by atoms with Crippen LogP contribution in [0.4, 0.5) is 23.1 Å². The first-order valence-corrected chi connectivity index (χ1v) is 13.1. The third-order valence-electron chi connectivity index (χ3n) is 6.51. The van der Waals surface area contributed by atoms with E-state index < -0.39 is 11.9 Å². The lowest BCUT2D eigenvalue weighted by Crippen LogP contribution is -2.43. The molecule has 11 heteroatoms. The fourth-order valence-corrected chi connectivity index (χ4v) is 4.57. The van der Waals surface area contributed by atoms with Gasteiger partial charge in [0.2, 0.25) is 5.91 Å². The highest BCUT2D eigenvalue weighted by atomic mass is 16.4. The lowest BCUT2D eigenvalue weighted by atomic mass is 9.95. The number of nitrogens with zero attached hydrogens (tertiary/aromatic N) is 5. The molecule has 1 aliphatic rings. The number of rotatable bonds is 10. The summed E-state index contributed by atoms with van der Waals surface area (Å²) in [4.78, 5) is 44.8. The van der Waals surface area contributed by atoms with Crippen LogP contribution in [0, 0.1) is 5.92 Å². The van der Waals surface area contributed by atoms with Crippen molar-refractivity contribution in [1.29, 1.82) is 0 Å². The smallest absolute Gasteiger partial charge is 0.304 e. The summed E-state index contributed by atoms with van der Waals surface area (Å²) in [5, 5.41) is 18.9. The van der Waals surface area contributed by atoms with Gasteiger partial charge >= 0.3 is 5.97 Å². The van der Waals surface area contributed by atoms with E-state index in [1.165, 1.54) is 0 Å². The standard InChI is InChI=1S/C29H30N8O3/c38-28(39)16-22(14-20-4-2-1-3-5-20)29(40)34-23-17-24(35-25(18-23)36-26-19-31-8-9-32-26)21-6-7-33-27(15-21)37-12-10-30-11-13-37/h1-9,15,17-19,22,30H,10-14,16H2,(H,38,39)(H2,32,34,35,36,40)/t22-/m1/s1. The van der Waals surface area contributed by atoms with E-state index in [9.17, 15) is 14.7 Å². The molecule has 4 aromatic rings. The van der Waals surface area contributed by atoms with Crippen LogP contribution in [0.15, 0.2) is 79.4 Å². The Morgan fingerprint density at radius 3 is 2.55 bits per heavy atom. The maximum Gasteiger partial charge on any atom is 0.304 e. The van der Waals surface area contributed by atoms with Crippen molar-refractivity contribution >= 4 is 35.0 Å². The monoisotopic (exact) mass is 538 g/mol. The van der Waals surface area contributed by atoms with Gasteiger partial charge in [-0.1, -0.05) is 30.3 Å². The van der Waals surface area contributed by atoms with E-state index >= 15 is 0 Å². The maximum absolute atomic E-state index is 13.4. The predicted octanol–water partition coefficient (Wildman–Crippen LogP) is 3.36. The molecule has 0 spiro atoms. The van der Waals surface area contributed by atoms with Crippen LogP contribution < -0.4 is 20.9 Å². The summed E-state index contributed by atoms with van der Waals surface area (Å²) in [7, 11) is 0. The Hall–Kier alpha value is -4.90. The van der Waals surface area contributed by atoms with Crippen molar-refractivity contribution in [2.45, 2.75) is 12.8 Å².